The molecule has 0 aliphatic rings. The second-order valence-corrected chi connectivity index (χ2v) is 9.70. The summed E-state index contributed by atoms with van der Waals surface area (Å²) >= 11 is 6.22. The van der Waals surface area contributed by atoms with E-state index < -0.39 is 10.0 Å². The Morgan fingerprint density at radius 2 is 1.53 bits per heavy atom. The Kier molecular flexibility index (Phi) is 6.17. The van der Waals surface area contributed by atoms with E-state index in [-0.39, 0.29) is 12.5 Å². The highest BCUT2D eigenvalue weighted by Gasteiger charge is 2.19. The Morgan fingerprint density at radius 3 is 2.25 bits per heavy atom. The van der Waals surface area contributed by atoms with Crippen LogP contribution < -0.4 is 9.62 Å². The molecule has 0 saturated carbocycles. The molecule has 4 aromatic rings. The topological polar surface area (TPSA) is 66.5 Å². The van der Waals surface area contributed by atoms with E-state index in [2.05, 4.69) is 5.32 Å². The highest BCUT2D eigenvalue weighted by Crippen LogP contribution is 2.26. The van der Waals surface area contributed by atoms with E-state index in [1.54, 1.807) is 42.5 Å². The van der Waals surface area contributed by atoms with Gasteiger partial charge in [-0.05, 0) is 47.3 Å². The lowest BCUT2D eigenvalue weighted by Crippen LogP contribution is -2.29. The van der Waals surface area contributed by atoms with E-state index >= 15 is 0 Å². The molecule has 0 saturated heterocycles. The van der Waals surface area contributed by atoms with Crippen molar-refractivity contribution in [3.63, 3.8) is 0 Å². The van der Waals surface area contributed by atoms with Crippen molar-refractivity contribution < 1.29 is 13.2 Å². The van der Waals surface area contributed by atoms with Crippen LogP contribution in [0.4, 0.5) is 11.4 Å². The number of amides is 1. The lowest BCUT2D eigenvalue weighted by atomic mass is 10.1. The number of nitrogens with zero attached hydrogens (tertiary/aromatic N) is 1. The van der Waals surface area contributed by atoms with Gasteiger partial charge in [-0.15, -0.1) is 0 Å². The summed E-state index contributed by atoms with van der Waals surface area (Å²) in [5, 5.41) is 5.41. The molecule has 0 radical (unpaired) electrons. The van der Waals surface area contributed by atoms with Crippen LogP contribution in [0.5, 0.6) is 0 Å². The molecule has 0 unspecified atom stereocenters. The molecule has 0 bridgehead atoms. The Hall–Kier alpha value is -3.35. The lowest BCUT2D eigenvalue weighted by molar-refractivity contribution is 0.102. The summed E-state index contributed by atoms with van der Waals surface area (Å²) in [6.45, 7) is 0.0973. The van der Waals surface area contributed by atoms with Gasteiger partial charge in [-0.25, -0.2) is 8.42 Å². The first-order valence-electron chi connectivity index (χ1n) is 9.93. The average molecular weight is 465 g/mol. The second kappa shape index (κ2) is 9.02. The number of halogens is 1. The Balaban J connectivity index is 1.58. The number of carbonyl (C=O) groups excluding carboxylic acids is 1. The van der Waals surface area contributed by atoms with Crippen LogP contribution in [-0.2, 0) is 16.6 Å². The number of anilines is 2. The number of benzene rings is 4. The third-order valence-corrected chi connectivity index (χ3v) is 6.64. The van der Waals surface area contributed by atoms with Crippen LogP contribution in [0.1, 0.15) is 15.9 Å². The van der Waals surface area contributed by atoms with Gasteiger partial charge in [0.25, 0.3) is 5.91 Å². The normalized spacial score (nSPS) is 11.3. The molecule has 1 N–H and O–H groups in total. The molecule has 1 amide bonds. The van der Waals surface area contributed by atoms with Gasteiger partial charge >= 0.3 is 0 Å². The standard InChI is InChI=1S/C25H21ClN2O3S/c1-32(30,31)28(17-20-8-3-5-11-23(20)26)21-15-13-19(14-16-21)25(29)27-24-12-6-9-18-7-2-4-10-22(18)24/h2-16H,17H2,1H3,(H,27,29). The summed E-state index contributed by atoms with van der Waals surface area (Å²) in [6, 6.07) is 27.1. The molecule has 32 heavy (non-hydrogen) atoms. The largest absolute Gasteiger partial charge is 0.321 e. The van der Waals surface area contributed by atoms with E-state index in [1.165, 1.54) is 4.31 Å². The zero-order chi connectivity index (χ0) is 22.7. The van der Waals surface area contributed by atoms with Crippen LogP contribution >= 0.6 is 11.6 Å². The van der Waals surface area contributed by atoms with Crippen molar-refractivity contribution in [1.29, 1.82) is 0 Å². The fourth-order valence-electron chi connectivity index (χ4n) is 3.49. The first-order valence-corrected chi connectivity index (χ1v) is 12.2. The molecule has 5 nitrogen and oxygen atoms in total. The van der Waals surface area contributed by atoms with E-state index in [0.717, 1.165) is 17.0 Å². The Morgan fingerprint density at radius 1 is 0.875 bits per heavy atom. The number of hydrogen-bond donors (Lipinski definition) is 1. The second-order valence-electron chi connectivity index (χ2n) is 7.39. The van der Waals surface area contributed by atoms with Crippen molar-refractivity contribution in [2.75, 3.05) is 15.9 Å². The van der Waals surface area contributed by atoms with Crippen LogP contribution in [0.15, 0.2) is 91.0 Å². The van der Waals surface area contributed by atoms with Gasteiger partial charge in [-0.3, -0.25) is 9.10 Å². The fourth-order valence-corrected chi connectivity index (χ4v) is 4.56. The molecule has 0 spiro atoms. The van der Waals surface area contributed by atoms with E-state index in [4.69, 9.17) is 11.6 Å². The van der Waals surface area contributed by atoms with Gasteiger partial charge in [0, 0.05) is 21.7 Å². The van der Waals surface area contributed by atoms with Gasteiger partial charge in [0.1, 0.15) is 0 Å². The maximum Gasteiger partial charge on any atom is 0.255 e. The molecule has 162 valence electrons. The third-order valence-electron chi connectivity index (χ3n) is 5.13. The molecule has 0 aliphatic heterocycles. The number of rotatable bonds is 6. The smallest absolute Gasteiger partial charge is 0.255 e. The third kappa shape index (κ3) is 4.77. The lowest BCUT2D eigenvalue weighted by Gasteiger charge is -2.23. The van der Waals surface area contributed by atoms with Gasteiger partial charge in [0.15, 0.2) is 0 Å². The van der Waals surface area contributed by atoms with Crippen molar-refractivity contribution in [2.45, 2.75) is 6.54 Å². The van der Waals surface area contributed by atoms with Crippen LogP contribution in [-0.4, -0.2) is 20.6 Å². The number of hydrogen-bond acceptors (Lipinski definition) is 3. The van der Waals surface area contributed by atoms with Crippen molar-refractivity contribution in [1.82, 2.24) is 0 Å². The van der Waals surface area contributed by atoms with Crippen molar-refractivity contribution in [3.8, 4) is 0 Å². The highest BCUT2D eigenvalue weighted by atomic mass is 35.5. The summed E-state index contributed by atoms with van der Waals surface area (Å²) < 4.78 is 26.1. The molecule has 4 aromatic carbocycles. The molecule has 0 atom stereocenters. The fraction of sp³-hybridized carbons (Fsp3) is 0.0800. The predicted molar refractivity (Wildman–Crippen MR) is 131 cm³/mol. The minimum Gasteiger partial charge on any atom is -0.321 e. The van der Waals surface area contributed by atoms with E-state index in [1.807, 2.05) is 48.5 Å². The van der Waals surface area contributed by atoms with Gasteiger partial charge in [0.05, 0.1) is 18.5 Å². The Bertz CT molecular complexity index is 1380. The van der Waals surface area contributed by atoms with Crippen molar-refractivity contribution in [2.24, 2.45) is 0 Å². The Labute approximate surface area is 192 Å². The number of carbonyl (C=O) groups is 1. The maximum atomic E-state index is 12.8. The van der Waals surface area contributed by atoms with Crippen LogP contribution in [0.2, 0.25) is 5.02 Å². The van der Waals surface area contributed by atoms with Gasteiger partial charge < -0.3 is 5.32 Å². The molecule has 0 aromatic heterocycles. The molecule has 7 heteroatoms. The zero-order valence-corrected chi connectivity index (χ0v) is 18.9. The van der Waals surface area contributed by atoms with E-state index in [9.17, 15) is 13.2 Å². The average Bonchev–Trinajstić information content (AvgIpc) is 2.78. The highest BCUT2D eigenvalue weighted by molar-refractivity contribution is 7.92. The predicted octanol–water partition coefficient (Wildman–Crippen LogP) is 5.71. The van der Waals surface area contributed by atoms with E-state index in [0.29, 0.717) is 27.5 Å². The number of fused-ring (bicyclic) bond motifs is 1. The van der Waals surface area contributed by atoms with Crippen LogP contribution in [0, 0.1) is 0 Å². The summed E-state index contributed by atoms with van der Waals surface area (Å²) in [7, 11) is -3.56. The molecule has 0 fully saturated rings. The van der Waals surface area contributed by atoms with Gasteiger partial charge in [0.2, 0.25) is 10.0 Å². The first-order chi connectivity index (χ1) is 15.3. The summed E-state index contributed by atoms with van der Waals surface area (Å²) in [5.74, 6) is -0.273. The zero-order valence-electron chi connectivity index (χ0n) is 17.3. The van der Waals surface area contributed by atoms with Crippen LogP contribution in [0.25, 0.3) is 10.8 Å². The van der Waals surface area contributed by atoms with Gasteiger partial charge in [-0.2, -0.15) is 0 Å². The van der Waals surface area contributed by atoms with Gasteiger partial charge in [-0.1, -0.05) is 66.2 Å². The molecular weight excluding hydrogens is 444 g/mol. The van der Waals surface area contributed by atoms with Crippen molar-refractivity contribution >= 4 is 49.7 Å². The molecule has 0 heterocycles. The molecular formula is C25H21ClN2O3S. The summed E-state index contributed by atoms with van der Waals surface area (Å²) in [5.41, 5.74) is 2.29. The maximum absolute atomic E-state index is 12.8. The molecule has 0 aliphatic carbocycles. The quantitative estimate of drug-likeness (QED) is 0.397. The van der Waals surface area contributed by atoms with Crippen molar-refractivity contribution in [3.05, 3.63) is 107 Å². The summed E-state index contributed by atoms with van der Waals surface area (Å²) in [6.07, 6.45) is 1.14. The summed E-state index contributed by atoms with van der Waals surface area (Å²) in [4.78, 5) is 12.8. The van der Waals surface area contributed by atoms with Crippen LogP contribution in [0.3, 0.4) is 0 Å². The SMILES string of the molecule is CS(=O)(=O)N(Cc1ccccc1Cl)c1ccc(C(=O)Nc2cccc3ccccc23)cc1. The monoisotopic (exact) mass is 464 g/mol. The number of nitrogens with one attached hydrogen (secondary N) is 1. The minimum absolute atomic E-state index is 0.0973. The first kappa shape index (κ1) is 21.9. The molecule has 4 rings (SSSR count). The minimum atomic E-state index is -3.56. The number of sulfonamides is 1.